The maximum Gasteiger partial charge on any atom is 0.323 e. The number of hydrogen-bond donors (Lipinski definition) is 3. The average Bonchev–Trinajstić information content (AvgIpc) is 3.28. The van der Waals surface area contributed by atoms with Gasteiger partial charge < -0.3 is 20.9 Å². The molecule has 6 nitrogen and oxygen atoms in total. The van der Waals surface area contributed by atoms with Gasteiger partial charge in [-0.25, -0.2) is 4.79 Å². The summed E-state index contributed by atoms with van der Waals surface area (Å²) >= 11 is 0. The number of anilines is 3. The van der Waals surface area contributed by atoms with Crippen LogP contribution in [0.2, 0.25) is 0 Å². The summed E-state index contributed by atoms with van der Waals surface area (Å²) in [7, 11) is 0. The van der Waals surface area contributed by atoms with Crippen molar-refractivity contribution in [1.29, 1.82) is 0 Å². The molecule has 2 aromatic carbocycles. The fourth-order valence-electron chi connectivity index (χ4n) is 3.60. The van der Waals surface area contributed by atoms with Crippen molar-refractivity contribution in [3.8, 4) is 0 Å². The molecule has 0 spiro atoms. The fraction of sp³-hybridized carbons (Fsp3) is 0.417. The molecule has 1 heterocycles. The maximum absolute atomic E-state index is 12.9. The lowest BCUT2D eigenvalue weighted by atomic mass is 10.1. The first kappa shape index (κ1) is 21.7. The Kier molecular flexibility index (Phi) is 7.33. The molecule has 1 aliphatic heterocycles. The number of aryl methyl sites for hydroxylation is 1. The smallest absolute Gasteiger partial charge is 0.323 e. The van der Waals surface area contributed by atoms with Gasteiger partial charge in [-0.1, -0.05) is 26.0 Å². The summed E-state index contributed by atoms with van der Waals surface area (Å²) in [5, 5.41) is 8.77. The van der Waals surface area contributed by atoms with Gasteiger partial charge in [0.25, 0.3) is 5.91 Å². The molecule has 1 fully saturated rings. The van der Waals surface area contributed by atoms with Crippen LogP contribution in [-0.4, -0.2) is 31.1 Å². The van der Waals surface area contributed by atoms with Gasteiger partial charge in [-0.15, -0.1) is 0 Å². The van der Waals surface area contributed by atoms with Crippen LogP contribution in [0.4, 0.5) is 21.9 Å². The number of rotatable bonds is 7. The third kappa shape index (κ3) is 5.53. The number of carbonyl (C=O) groups is 2. The molecular weight excluding hydrogens is 376 g/mol. The predicted molar refractivity (Wildman–Crippen MR) is 124 cm³/mol. The molecule has 0 saturated carbocycles. The molecule has 3 amide bonds. The zero-order chi connectivity index (χ0) is 21.5. The summed E-state index contributed by atoms with van der Waals surface area (Å²) in [6.07, 6.45) is 4.03. The van der Waals surface area contributed by atoms with E-state index in [1.807, 2.05) is 50.2 Å². The van der Waals surface area contributed by atoms with Crippen LogP contribution in [0.5, 0.6) is 0 Å². The summed E-state index contributed by atoms with van der Waals surface area (Å²) < 4.78 is 0. The van der Waals surface area contributed by atoms with Crippen LogP contribution in [0.25, 0.3) is 0 Å². The van der Waals surface area contributed by atoms with Crippen molar-refractivity contribution in [3.63, 3.8) is 0 Å². The summed E-state index contributed by atoms with van der Waals surface area (Å²) in [5.74, 6) is -0.106. The van der Waals surface area contributed by atoms with Crippen molar-refractivity contribution < 1.29 is 9.59 Å². The van der Waals surface area contributed by atoms with E-state index in [2.05, 4.69) is 27.8 Å². The van der Waals surface area contributed by atoms with Crippen LogP contribution in [0.3, 0.4) is 0 Å². The van der Waals surface area contributed by atoms with Crippen LogP contribution in [0.15, 0.2) is 42.5 Å². The van der Waals surface area contributed by atoms with Crippen LogP contribution >= 0.6 is 0 Å². The molecule has 3 rings (SSSR count). The molecule has 1 unspecified atom stereocenters. The Labute approximate surface area is 179 Å². The fourth-order valence-corrected chi connectivity index (χ4v) is 3.60. The first-order chi connectivity index (χ1) is 14.5. The first-order valence-corrected chi connectivity index (χ1v) is 10.9. The lowest BCUT2D eigenvalue weighted by molar-refractivity contribution is 0.0939. The number of amides is 3. The van der Waals surface area contributed by atoms with Crippen molar-refractivity contribution in [2.45, 2.75) is 52.5 Å². The molecule has 3 N–H and O–H groups in total. The molecule has 6 heteroatoms. The zero-order valence-electron chi connectivity index (χ0n) is 18.1. The first-order valence-electron chi connectivity index (χ1n) is 10.9. The second kappa shape index (κ2) is 10.1. The number of carbonyl (C=O) groups excluding carboxylic acids is 2. The molecule has 0 aromatic heterocycles. The summed E-state index contributed by atoms with van der Waals surface area (Å²) in [5.41, 5.74) is 4.02. The monoisotopic (exact) mass is 408 g/mol. The summed E-state index contributed by atoms with van der Waals surface area (Å²) in [4.78, 5) is 27.7. The second-order valence-electron chi connectivity index (χ2n) is 7.84. The number of nitrogens with one attached hydrogen (secondary N) is 3. The number of nitrogens with zero attached hydrogens (tertiary/aromatic N) is 1. The molecule has 1 saturated heterocycles. The van der Waals surface area contributed by atoms with E-state index in [9.17, 15) is 9.59 Å². The minimum atomic E-state index is -0.328. The topological polar surface area (TPSA) is 73.5 Å². The average molecular weight is 409 g/mol. The zero-order valence-corrected chi connectivity index (χ0v) is 18.1. The molecule has 2 aromatic rings. The van der Waals surface area contributed by atoms with E-state index in [4.69, 9.17) is 0 Å². The van der Waals surface area contributed by atoms with Crippen molar-refractivity contribution in [2.75, 3.05) is 28.6 Å². The van der Waals surface area contributed by atoms with E-state index in [0.29, 0.717) is 11.3 Å². The highest BCUT2D eigenvalue weighted by molar-refractivity contribution is 6.04. The van der Waals surface area contributed by atoms with Gasteiger partial charge >= 0.3 is 6.03 Å². The van der Waals surface area contributed by atoms with Gasteiger partial charge in [-0.05, 0) is 68.5 Å². The molecule has 160 valence electrons. The van der Waals surface area contributed by atoms with Crippen molar-refractivity contribution in [3.05, 3.63) is 53.6 Å². The third-order valence-corrected chi connectivity index (χ3v) is 5.53. The maximum atomic E-state index is 12.9. The van der Waals surface area contributed by atoms with E-state index in [0.717, 1.165) is 55.7 Å². The molecule has 0 bridgehead atoms. The number of benzene rings is 2. The number of hydrogen-bond acceptors (Lipinski definition) is 3. The minimum absolute atomic E-state index is 0.0923. The summed E-state index contributed by atoms with van der Waals surface area (Å²) in [6, 6.07) is 13.1. The van der Waals surface area contributed by atoms with Gasteiger partial charge in [0.05, 0.1) is 5.56 Å². The SMILES string of the molecule is CCc1cccc(NC(=O)Nc2ccc(N3CCCC3)c(C(=O)NC(C)CC)c2)c1. The Balaban J connectivity index is 1.78. The number of urea groups is 1. The molecular formula is C24H32N4O2. The third-order valence-electron chi connectivity index (χ3n) is 5.53. The van der Waals surface area contributed by atoms with Crippen LogP contribution in [-0.2, 0) is 6.42 Å². The van der Waals surface area contributed by atoms with E-state index >= 15 is 0 Å². The lowest BCUT2D eigenvalue weighted by Gasteiger charge is -2.23. The van der Waals surface area contributed by atoms with E-state index in [1.165, 1.54) is 0 Å². The van der Waals surface area contributed by atoms with Gasteiger partial charge in [0, 0.05) is 36.2 Å². The van der Waals surface area contributed by atoms with Crippen LogP contribution in [0.1, 0.15) is 56.0 Å². The van der Waals surface area contributed by atoms with Gasteiger partial charge in [0.15, 0.2) is 0 Å². The van der Waals surface area contributed by atoms with E-state index < -0.39 is 0 Å². The Morgan fingerprint density at radius 1 is 1.00 bits per heavy atom. The Bertz CT molecular complexity index is 891. The highest BCUT2D eigenvalue weighted by atomic mass is 16.2. The molecule has 0 aliphatic carbocycles. The molecule has 1 aliphatic rings. The Hall–Kier alpha value is -3.02. The Morgan fingerprint density at radius 3 is 2.37 bits per heavy atom. The summed E-state index contributed by atoms with van der Waals surface area (Å²) in [6.45, 7) is 8.01. The van der Waals surface area contributed by atoms with E-state index in [-0.39, 0.29) is 18.0 Å². The van der Waals surface area contributed by atoms with Gasteiger partial charge in [-0.3, -0.25) is 4.79 Å². The van der Waals surface area contributed by atoms with E-state index in [1.54, 1.807) is 6.07 Å². The van der Waals surface area contributed by atoms with Gasteiger partial charge in [-0.2, -0.15) is 0 Å². The molecule has 1 atom stereocenters. The highest BCUT2D eigenvalue weighted by Crippen LogP contribution is 2.28. The van der Waals surface area contributed by atoms with Crippen LogP contribution in [0, 0.1) is 0 Å². The largest absolute Gasteiger partial charge is 0.371 e. The lowest BCUT2D eigenvalue weighted by Crippen LogP contribution is -2.33. The van der Waals surface area contributed by atoms with Crippen molar-refractivity contribution in [2.24, 2.45) is 0 Å². The predicted octanol–water partition coefficient (Wildman–Crippen LogP) is 5.02. The Morgan fingerprint density at radius 2 is 1.70 bits per heavy atom. The highest BCUT2D eigenvalue weighted by Gasteiger charge is 2.21. The van der Waals surface area contributed by atoms with Crippen molar-refractivity contribution in [1.82, 2.24) is 5.32 Å². The molecule has 30 heavy (non-hydrogen) atoms. The minimum Gasteiger partial charge on any atom is -0.371 e. The second-order valence-corrected chi connectivity index (χ2v) is 7.84. The van der Waals surface area contributed by atoms with Gasteiger partial charge in [0.2, 0.25) is 0 Å². The standard InChI is InChI=1S/C24H32N4O2/c1-4-17(3)25-23(29)21-16-20(11-12-22(21)28-13-6-7-14-28)27-24(30)26-19-10-8-9-18(5-2)15-19/h8-12,15-17H,4-7,13-14H2,1-3H3,(H,25,29)(H2,26,27,30). The molecule has 0 radical (unpaired) electrons. The van der Waals surface area contributed by atoms with Gasteiger partial charge in [0.1, 0.15) is 0 Å². The quantitative estimate of drug-likeness (QED) is 0.602. The van der Waals surface area contributed by atoms with Crippen molar-refractivity contribution >= 4 is 29.0 Å². The van der Waals surface area contributed by atoms with Crippen LogP contribution < -0.4 is 20.9 Å². The normalized spacial score (nSPS) is 14.3.